The van der Waals surface area contributed by atoms with Crippen LogP contribution in [0.25, 0.3) is 0 Å². The van der Waals surface area contributed by atoms with Gasteiger partial charge in [0.2, 0.25) is 5.78 Å². The number of benzene rings is 1. The number of methoxy groups -OCH3 is 3. The summed E-state index contributed by atoms with van der Waals surface area (Å²) < 4.78 is 20.7. The van der Waals surface area contributed by atoms with Crippen molar-refractivity contribution in [2.45, 2.75) is 37.7 Å². The molecule has 1 unspecified atom stereocenters. The fraction of sp³-hybridized carbons (Fsp3) is 0.556. The van der Waals surface area contributed by atoms with Gasteiger partial charge in [-0.25, -0.2) is 4.79 Å². The SMILES string of the molecule is COC(=O)OC1(CCCCCBr)Cc2cc(OC)c(OC)cc2C1=O. The Labute approximate surface area is 155 Å². The van der Waals surface area contributed by atoms with Crippen molar-refractivity contribution in [1.29, 1.82) is 0 Å². The number of rotatable bonds is 8. The van der Waals surface area contributed by atoms with E-state index in [1.165, 1.54) is 14.2 Å². The first-order valence-corrected chi connectivity index (χ1v) is 9.26. The molecule has 2 rings (SSSR count). The van der Waals surface area contributed by atoms with Gasteiger partial charge in [-0.3, -0.25) is 4.79 Å². The summed E-state index contributed by atoms with van der Waals surface area (Å²) in [5.74, 6) is 0.803. The lowest BCUT2D eigenvalue weighted by Crippen LogP contribution is -2.41. The highest BCUT2D eigenvalue weighted by atomic mass is 79.9. The van der Waals surface area contributed by atoms with Gasteiger partial charge in [0.25, 0.3) is 0 Å². The van der Waals surface area contributed by atoms with E-state index in [1.807, 2.05) is 0 Å². The molecule has 1 aromatic carbocycles. The second-order valence-corrected chi connectivity index (χ2v) is 6.71. The van der Waals surface area contributed by atoms with Crippen LogP contribution < -0.4 is 9.47 Å². The second-order valence-electron chi connectivity index (χ2n) is 5.92. The van der Waals surface area contributed by atoms with Gasteiger partial charge in [0.05, 0.1) is 21.3 Å². The van der Waals surface area contributed by atoms with Crippen LogP contribution in [-0.2, 0) is 15.9 Å². The molecule has 0 saturated carbocycles. The molecule has 0 aliphatic heterocycles. The Balaban J connectivity index is 2.33. The van der Waals surface area contributed by atoms with Gasteiger partial charge in [-0.05, 0) is 37.0 Å². The number of halogens is 1. The number of ether oxygens (including phenoxy) is 4. The average molecular weight is 415 g/mol. The summed E-state index contributed by atoms with van der Waals surface area (Å²) >= 11 is 3.39. The van der Waals surface area contributed by atoms with Gasteiger partial charge in [-0.1, -0.05) is 22.4 Å². The minimum atomic E-state index is -1.22. The molecule has 0 bridgehead atoms. The van der Waals surface area contributed by atoms with E-state index in [1.54, 1.807) is 19.2 Å². The molecular weight excluding hydrogens is 392 g/mol. The molecule has 6 nitrogen and oxygen atoms in total. The molecule has 1 aliphatic carbocycles. The van der Waals surface area contributed by atoms with Gasteiger partial charge in [0, 0.05) is 17.3 Å². The fourth-order valence-electron chi connectivity index (χ4n) is 3.13. The number of alkyl halides is 1. The molecule has 0 N–H and O–H groups in total. The molecule has 1 aromatic rings. The molecule has 0 spiro atoms. The van der Waals surface area contributed by atoms with Gasteiger partial charge in [0.15, 0.2) is 17.1 Å². The van der Waals surface area contributed by atoms with Crippen LogP contribution in [-0.4, -0.2) is 44.2 Å². The summed E-state index contributed by atoms with van der Waals surface area (Å²) in [6.07, 6.45) is 2.63. The molecule has 0 fully saturated rings. The maximum atomic E-state index is 13.1. The van der Waals surface area contributed by atoms with Crippen LogP contribution in [0, 0.1) is 0 Å². The number of ketones is 1. The minimum Gasteiger partial charge on any atom is -0.493 e. The highest BCUT2D eigenvalue weighted by molar-refractivity contribution is 9.09. The first-order valence-electron chi connectivity index (χ1n) is 8.14. The summed E-state index contributed by atoms with van der Waals surface area (Å²) in [7, 11) is 4.29. The van der Waals surface area contributed by atoms with Crippen LogP contribution in [0.5, 0.6) is 11.5 Å². The number of carbonyl (C=O) groups excluding carboxylic acids is 2. The van der Waals surface area contributed by atoms with Crippen LogP contribution in [0.3, 0.4) is 0 Å². The first-order chi connectivity index (χ1) is 12.0. The monoisotopic (exact) mass is 414 g/mol. The minimum absolute atomic E-state index is 0.215. The molecule has 1 aliphatic rings. The molecule has 0 heterocycles. The zero-order valence-electron chi connectivity index (χ0n) is 14.7. The van der Waals surface area contributed by atoms with Gasteiger partial charge in [-0.2, -0.15) is 0 Å². The van der Waals surface area contributed by atoms with Gasteiger partial charge >= 0.3 is 6.16 Å². The van der Waals surface area contributed by atoms with Crippen molar-refractivity contribution in [2.24, 2.45) is 0 Å². The molecule has 138 valence electrons. The van der Waals surface area contributed by atoms with Gasteiger partial charge < -0.3 is 18.9 Å². The Kier molecular flexibility index (Phi) is 6.70. The second kappa shape index (κ2) is 8.56. The number of hydrogen-bond donors (Lipinski definition) is 0. The normalized spacial score (nSPS) is 18.6. The number of Topliss-reactive ketones (excluding diaryl/α,β-unsaturated/α-hetero) is 1. The van der Waals surface area contributed by atoms with Crippen molar-refractivity contribution < 1.29 is 28.5 Å². The Hall–Kier alpha value is -1.76. The van der Waals surface area contributed by atoms with E-state index in [0.29, 0.717) is 29.9 Å². The lowest BCUT2D eigenvalue weighted by Gasteiger charge is -2.26. The number of hydrogen-bond acceptors (Lipinski definition) is 6. The standard InChI is InChI=1S/C18H23BrO6/c1-22-14-9-12-11-18(25-17(21)24-3,7-5-4-6-8-19)16(20)13(12)10-15(14)23-2/h9-10H,4-8,11H2,1-3H3. The third kappa shape index (κ3) is 4.08. The number of unbranched alkanes of at least 4 members (excludes halogenated alkanes) is 2. The first kappa shape index (κ1) is 19.6. The van der Waals surface area contributed by atoms with Crippen molar-refractivity contribution in [1.82, 2.24) is 0 Å². The number of fused-ring (bicyclic) bond motifs is 1. The van der Waals surface area contributed by atoms with Crippen LogP contribution in [0.15, 0.2) is 12.1 Å². The van der Waals surface area contributed by atoms with Crippen molar-refractivity contribution in [3.63, 3.8) is 0 Å². The summed E-state index contributed by atoms with van der Waals surface area (Å²) in [6, 6.07) is 3.42. The van der Waals surface area contributed by atoms with E-state index in [9.17, 15) is 9.59 Å². The number of carbonyl (C=O) groups is 2. The Bertz CT molecular complexity index is 645. The molecule has 0 amide bonds. The van der Waals surface area contributed by atoms with E-state index < -0.39 is 11.8 Å². The van der Waals surface area contributed by atoms with Crippen LogP contribution in [0.1, 0.15) is 41.6 Å². The van der Waals surface area contributed by atoms with Crippen LogP contribution >= 0.6 is 15.9 Å². The van der Waals surface area contributed by atoms with Crippen molar-refractivity contribution in [3.05, 3.63) is 23.3 Å². The zero-order valence-corrected chi connectivity index (χ0v) is 16.3. The lowest BCUT2D eigenvalue weighted by molar-refractivity contribution is -0.0167. The summed E-state index contributed by atoms with van der Waals surface area (Å²) in [5, 5.41) is 0.903. The van der Waals surface area contributed by atoms with E-state index in [2.05, 4.69) is 20.7 Å². The fourth-order valence-corrected chi connectivity index (χ4v) is 3.53. The molecular formula is C18H23BrO6. The van der Waals surface area contributed by atoms with Crippen LogP contribution in [0.4, 0.5) is 4.79 Å². The Morgan fingerprint density at radius 2 is 1.80 bits per heavy atom. The maximum absolute atomic E-state index is 13.1. The summed E-state index contributed by atoms with van der Waals surface area (Å²) in [5.41, 5.74) is 0.0631. The lowest BCUT2D eigenvalue weighted by atomic mass is 9.91. The van der Waals surface area contributed by atoms with E-state index in [4.69, 9.17) is 14.2 Å². The highest BCUT2D eigenvalue weighted by Gasteiger charge is 2.49. The average Bonchev–Trinajstić information content (AvgIpc) is 2.89. The summed E-state index contributed by atoms with van der Waals surface area (Å²) in [6.45, 7) is 0. The van der Waals surface area contributed by atoms with E-state index >= 15 is 0 Å². The van der Waals surface area contributed by atoms with Gasteiger partial charge in [-0.15, -0.1) is 0 Å². The largest absolute Gasteiger partial charge is 0.509 e. The van der Waals surface area contributed by atoms with Crippen LogP contribution in [0.2, 0.25) is 0 Å². The molecule has 0 saturated heterocycles. The van der Waals surface area contributed by atoms with Crippen molar-refractivity contribution in [2.75, 3.05) is 26.7 Å². The predicted octanol–water partition coefficient (Wildman–Crippen LogP) is 3.92. The molecule has 0 radical (unpaired) electrons. The maximum Gasteiger partial charge on any atom is 0.509 e. The van der Waals surface area contributed by atoms with E-state index in [0.717, 1.165) is 30.2 Å². The zero-order chi connectivity index (χ0) is 18.4. The Morgan fingerprint density at radius 1 is 1.12 bits per heavy atom. The van der Waals surface area contributed by atoms with Gasteiger partial charge in [0.1, 0.15) is 0 Å². The van der Waals surface area contributed by atoms with Crippen molar-refractivity contribution in [3.8, 4) is 11.5 Å². The molecule has 1 atom stereocenters. The predicted molar refractivity (Wildman–Crippen MR) is 96.1 cm³/mol. The van der Waals surface area contributed by atoms with Crippen molar-refractivity contribution >= 4 is 27.9 Å². The smallest absolute Gasteiger partial charge is 0.493 e. The molecule has 25 heavy (non-hydrogen) atoms. The topological polar surface area (TPSA) is 71.1 Å². The Morgan fingerprint density at radius 3 is 2.40 bits per heavy atom. The molecule has 0 aromatic heterocycles. The summed E-state index contributed by atoms with van der Waals surface area (Å²) in [4.78, 5) is 24.8. The van der Waals surface area contributed by atoms with E-state index in [-0.39, 0.29) is 5.78 Å². The third-order valence-corrected chi connectivity index (χ3v) is 4.96. The highest BCUT2D eigenvalue weighted by Crippen LogP contribution is 2.42. The quantitative estimate of drug-likeness (QED) is 0.364. The third-order valence-electron chi connectivity index (χ3n) is 4.40. The molecule has 7 heteroatoms.